The maximum absolute atomic E-state index is 11.7. The van der Waals surface area contributed by atoms with Crippen LogP contribution >= 0.6 is 0 Å². The van der Waals surface area contributed by atoms with Gasteiger partial charge in [-0.15, -0.1) is 0 Å². The number of carboxylic acids is 2. The Hall–Kier alpha value is 0.120. The third-order valence-electron chi connectivity index (χ3n) is 13.7. The minimum absolute atomic E-state index is 0. The SMILES string of the molecule is CCCCCCCCCCCCN(CCCCCCCCCCCC)C(CCC)C(=O)[O-].CCCCCCCCCCCCN(CCCCCCCCCCCC)C(CCC)C(=O)[O-].[Ca+2]. The molecule has 0 N–H and O–H groups in total. The van der Waals surface area contributed by atoms with E-state index in [1.807, 2.05) is 0 Å². The van der Waals surface area contributed by atoms with Crippen LogP contribution in [0.5, 0.6) is 0 Å². The number of hydrogen-bond donors (Lipinski definition) is 0. The molecule has 384 valence electrons. The van der Waals surface area contributed by atoms with Crippen molar-refractivity contribution in [2.75, 3.05) is 26.2 Å². The van der Waals surface area contributed by atoms with Crippen molar-refractivity contribution in [3.05, 3.63) is 0 Å². The van der Waals surface area contributed by atoms with Crippen molar-refractivity contribution in [3.63, 3.8) is 0 Å². The summed E-state index contributed by atoms with van der Waals surface area (Å²) in [5, 5.41) is 23.5. The molecule has 0 aliphatic carbocycles. The summed E-state index contributed by atoms with van der Waals surface area (Å²) in [4.78, 5) is 27.9. The maximum Gasteiger partial charge on any atom is 2.00 e. The van der Waals surface area contributed by atoms with Crippen LogP contribution in [0.4, 0.5) is 0 Å². The van der Waals surface area contributed by atoms with Crippen LogP contribution in [0, 0.1) is 0 Å². The largest absolute Gasteiger partial charge is 2.00 e. The molecule has 0 spiro atoms. The quantitative estimate of drug-likeness (QED) is 0.0446. The Bertz CT molecular complexity index is 802. The molecule has 0 aromatic carbocycles. The Labute approximate surface area is 438 Å². The molecule has 0 aliphatic heterocycles. The van der Waals surface area contributed by atoms with Gasteiger partial charge in [0.15, 0.2) is 0 Å². The van der Waals surface area contributed by atoms with E-state index in [9.17, 15) is 19.8 Å². The molecular formula is C58H116CaN2O4. The van der Waals surface area contributed by atoms with Gasteiger partial charge in [0.25, 0.3) is 0 Å². The van der Waals surface area contributed by atoms with Crippen molar-refractivity contribution in [2.24, 2.45) is 0 Å². The fourth-order valence-corrected chi connectivity index (χ4v) is 9.50. The average Bonchev–Trinajstić information content (AvgIpc) is 3.28. The number of carboxylic acid groups (broad SMARTS) is 2. The van der Waals surface area contributed by atoms with Crippen LogP contribution in [-0.4, -0.2) is 97.7 Å². The minimum atomic E-state index is -0.869. The summed E-state index contributed by atoms with van der Waals surface area (Å²) in [5.41, 5.74) is 0. The molecule has 6 nitrogen and oxygen atoms in total. The van der Waals surface area contributed by atoms with E-state index >= 15 is 0 Å². The molecule has 0 aromatic rings. The average molecular weight is 946 g/mol. The molecule has 0 amide bonds. The first-order chi connectivity index (χ1) is 31.3. The van der Waals surface area contributed by atoms with Crippen LogP contribution in [0.15, 0.2) is 0 Å². The maximum atomic E-state index is 11.7. The van der Waals surface area contributed by atoms with Gasteiger partial charge >= 0.3 is 37.7 Å². The van der Waals surface area contributed by atoms with E-state index in [-0.39, 0.29) is 37.7 Å². The Morgan fingerprint density at radius 1 is 0.277 bits per heavy atom. The number of rotatable bonds is 52. The molecule has 0 aliphatic rings. The van der Waals surface area contributed by atoms with E-state index in [1.54, 1.807) is 0 Å². The summed E-state index contributed by atoms with van der Waals surface area (Å²) in [6, 6.07) is -0.783. The Balaban J connectivity index is -0.00000116. The molecular weight excluding hydrogens is 829 g/mol. The van der Waals surface area contributed by atoms with Crippen LogP contribution in [0.3, 0.4) is 0 Å². The van der Waals surface area contributed by atoms with E-state index < -0.39 is 24.0 Å². The van der Waals surface area contributed by atoms with Gasteiger partial charge in [0.2, 0.25) is 0 Å². The molecule has 0 aromatic heterocycles. The number of hydrogen-bond acceptors (Lipinski definition) is 6. The Kier molecular flexibility index (Phi) is 62.4. The number of carbonyl (C=O) groups excluding carboxylic acids is 2. The molecule has 0 saturated heterocycles. The van der Waals surface area contributed by atoms with Crippen molar-refractivity contribution in [1.82, 2.24) is 9.80 Å². The van der Waals surface area contributed by atoms with Crippen molar-refractivity contribution < 1.29 is 19.8 Å². The van der Waals surface area contributed by atoms with Gasteiger partial charge in [0, 0.05) is 12.1 Å². The normalized spacial score (nSPS) is 12.3. The van der Waals surface area contributed by atoms with Gasteiger partial charge in [-0.25, -0.2) is 0 Å². The number of nitrogens with zero attached hydrogens (tertiary/aromatic N) is 2. The fraction of sp³-hybridized carbons (Fsp3) is 0.966. The van der Waals surface area contributed by atoms with Crippen molar-refractivity contribution >= 4 is 49.7 Å². The van der Waals surface area contributed by atoms with Crippen LogP contribution in [0.25, 0.3) is 0 Å². The molecule has 0 radical (unpaired) electrons. The number of aliphatic carboxylic acids is 2. The summed E-state index contributed by atoms with van der Waals surface area (Å²) in [6.07, 6.45) is 56.2. The minimum Gasteiger partial charge on any atom is -0.548 e. The van der Waals surface area contributed by atoms with Gasteiger partial charge in [-0.1, -0.05) is 286 Å². The Morgan fingerprint density at radius 3 is 0.569 bits per heavy atom. The van der Waals surface area contributed by atoms with Crippen molar-refractivity contribution in [1.29, 1.82) is 0 Å². The second-order valence-corrected chi connectivity index (χ2v) is 20.0. The van der Waals surface area contributed by atoms with Crippen molar-refractivity contribution in [2.45, 2.75) is 336 Å². The van der Waals surface area contributed by atoms with Crippen LogP contribution in [-0.2, 0) is 9.59 Å². The molecule has 0 saturated carbocycles. The first-order valence-electron chi connectivity index (χ1n) is 29.2. The number of unbranched alkanes of at least 4 members (excludes halogenated alkanes) is 36. The second kappa shape index (κ2) is 58.4. The monoisotopic (exact) mass is 945 g/mol. The summed E-state index contributed by atoms with van der Waals surface area (Å²) < 4.78 is 0. The van der Waals surface area contributed by atoms with Gasteiger partial charge < -0.3 is 19.8 Å². The summed E-state index contributed by atoms with van der Waals surface area (Å²) in [7, 11) is 0. The van der Waals surface area contributed by atoms with Gasteiger partial charge in [0.05, 0.1) is 11.9 Å². The van der Waals surface area contributed by atoms with E-state index in [0.29, 0.717) is 0 Å². The molecule has 2 atom stereocenters. The fourth-order valence-electron chi connectivity index (χ4n) is 9.50. The predicted molar refractivity (Wildman–Crippen MR) is 284 cm³/mol. The summed E-state index contributed by atoms with van der Waals surface area (Å²) >= 11 is 0. The van der Waals surface area contributed by atoms with Gasteiger partial charge in [-0.2, -0.15) is 0 Å². The molecule has 0 fully saturated rings. The first-order valence-corrected chi connectivity index (χ1v) is 29.2. The Morgan fingerprint density at radius 2 is 0.431 bits per heavy atom. The van der Waals surface area contributed by atoms with Gasteiger partial charge in [0.1, 0.15) is 0 Å². The summed E-state index contributed by atoms with van der Waals surface area (Å²) in [5.74, 6) is -1.74. The third kappa shape index (κ3) is 50.3. The van der Waals surface area contributed by atoms with E-state index in [1.165, 1.54) is 231 Å². The zero-order chi connectivity index (χ0) is 47.4. The van der Waals surface area contributed by atoms with Gasteiger partial charge in [-0.05, 0) is 64.7 Å². The third-order valence-corrected chi connectivity index (χ3v) is 13.7. The standard InChI is InChI=1S/2C29H59NO2.Ca/c2*1-4-7-9-11-13-15-17-19-21-23-26-30(28(25-6-3)29(31)32)27-24-22-20-18-16-14-12-10-8-5-2;/h2*28H,4-27H2,1-3H3,(H,31,32);/q;;+2/p-2. The van der Waals surface area contributed by atoms with Gasteiger partial charge in [-0.3, -0.25) is 9.80 Å². The zero-order valence-corrected chi connectivity index (χ0v) is 47.5. The molecule has 0 rings (SSSR count). The van der Waals surface area contributed by atoms with Crippen LogP contribution < -0.4 is 10.2 Å². The van der Waals surface area contributed by atoms with E-state index in [4.69, 9.17) is 0 Å². The zero-order valence-electron chi connectivity index (χ0n) is 45.3. The predicted octanol–water partition coefficient (Wildman–Crippen LogP) is 15.7. The number of carbonyl (C=O) groups is 2. The second-order valence-electron chi connectivity index (χ2n) is 20.0. The summed E-state index contributed by atoms with van der Waals surface area (Å²) in [6.45, 7) is 16.9. The molecule has 0 heterocycles. The van der Waals surface area contributed by atoms with E-state index in [0.717, 1.165) is 77.5 Å². The van der Waals surface area contributed by atoms with Crippen LogP contribution in [0.2, 0.25) is 0 Å². The molecule has 2 unspecified atom stereocenters. The topological polar surface area (TPSA) is 86.7 Å². The molecule has 7 heteroatoms. The van der Waals surface area contributed by atoms with Crippen LogP contribution in [0.1, 0.15) is 324 Å². The first kappa shape index (κ1) is 69.4. The van der Waals surface area contributed by atoms with Crippen molar-refractivity contribution in [3.8, 4) is 0 Å². The molecule has 0 bridgehead atoms. The smallest absolute Gasteiger partial charge is 0.548 e. The molecule has 65 heavy (non-hydrogen) atoms. The van der Waals surface area contributed by atoms with E-state index in [2.05, 4.69) is 51.3 Å².